The third-order valence-corrected chi connectivity index (χ3v) is 4.74. The molecule has 3 aliphatic rings. The number of nitrogens with two attached hydrogens (primary N) is 1. The standard InChI is InChI=1S/C15H26N2O3.ClH/c16-15(6-7-15)14(18)17-8-4-12(5-9-17)20-11-13-3-1-2-10-19-13;/h12-13H,1-11,16H2;1H. The summed E-state index contributed by atoms with van der Waals surface area (Å²) in [4.78, 5) is 14.1. The Bertz CT molecular complexity index is 349. The van der Waals surface area contributed by atoms with Crippen molar-refractivity contribution in [1.82, 2.24) is 4.90 Å². The third kappa shape index (κ3) is 4.31. The molecule has 0 bridgehead atoms. The Morgan fingerprint density at radius 3 is 2.52 bits per heavy atom. The summed E-state index contributed by atoms with van der Waals surface area (Å²) in [6.07, 6.45) is 7.65. The van der Waals surface area contributed by atoms with E-state index in [1.165, 1.54) is 12.8 Å². The molecule has 2 aliphatic heterocycles. The molecule has 0 spiro atoms. The first-order valence-electron chi connectivity index (χ1n) is 7.99. The van der Waals surface area contributed by atoms with Gasteiger partial charge in [0.05, 0.1) is 24.4 Å². The minimum Gasteiger partial charge on any atom is -0.376 e. The molecule has 3 fully saturated rings. The highest BCUT2D eigenvalue weighted by Gasteiger charge is 2.48. The maximum atomic E-state index is 12.1. The second-order valence-electron chi connectivity index (χ2n) is 6.47. The predicted octanol–water partition coefficient (Wildman–Crippen LogP) is 1.48. The van der Waals surface area contributed by atoms with Gasteiger partial charge in [0.25, 0.3) is 0 Å². The molecule has 5 nitrogen and oxygen atoms in total. The molecule has 2 saturated heterocycles. The normalized spacial score (nSPS) is 28.8. The van der Waals surface area contributed by atoms with Gasteiger partial charge in [0.1, 0.15) is 0 Å². The summed E-state index contributed by atoms with van der Waals surface area (Å²) < 4.78 is 11.6. The monoisotopic (exact) mass is 318 g/mol. The van der Waals surface area contributed by atoms with Gasteiger partial charge < -0.3 is 20.1 Å². The van der Waals surface area contributed by atoms with E-state index in [-0.39, 0.29) is 30.5 Å². The zero-order valence-electron chi connectivity index (χ0n) is 12.6. The van der Waals surface area contributed by atoms with Crippen LogP contribution < -0.4 is 5.73 Å². The summed E-state index contributed by atoms with van der Waals surface area (Å²) in [6.45, 7) is 3.15. The second-order valence-corrected chi connectivity index (χ2v) is 6.47. The summed E-state index contributed by atoms with van der Waals surface area (Å²) >= 11 is 0. The fraction of sp³-hybridized carbons (Fsp3) is 0.933. The minimum atomic E-state index is -0.524. The van der Waals surface area contributed by atoms with Crippen molar-refractivity contribution in [3.05, 3.63) is 0 Å². The first-order valence-corrected chi connectivity index (χ1v) is 7.99. The Kier molecular flexibility index (Phi) is 5.88. The van der Waals surface area contributed by atoms with E-state index in [1.54, 1.807) is 0 Å². The average Bonchev–Trinajstić information content (AvgIpc) is 3.25. The maximum absolute atomic E-state index is 12.1. The van der Waals surface area contributed by atoms with Crippen molar-refractivity contribution in [1.29, 1.82) is 0 Å². The number of likely N-dealkylation sites (tertiary alicyclic amines) is 1. The smallest absolute Gasteiger partial charge is 0.242 e. The fourth-order valence-electron chi connectivity index (χ4n) is 3.07. The van der Waals surface area contributed by atoms with E-state index in [9.17, 15) is 4.79 Å². The molecule has 1 unspecified atom stereocenters. The molecule has 1 aliphatic carbocycles. The number of halogens is 1. The van der Waals surface area contributed by atoms with E-state index in [0.29, 0.717) is 6.61 Å². The summed E-state index contributed by atoms with van der Waals surface area (Å²) in [5.74, 6) is 0.145. The highest BCUT2D eigenvalue weighted by atomic mass is 35.5. The number of nitrogens with zero attached hydrogens (tertiary/aromatic N) is 1. The van der Waals surface area contributed by atoms with Crippen LogP contribution in [0.25, 0.3) is 0 Å². The van der Waals surface area contributed by atoms with Crippen molar-refractivity contribution in [2.45, 2.75) is 62.7 Å². The molecule has 21 heavy (non-hydrogen) atoms. The van der Waals surface area contributed by atoms with E-state index in [4.69, 9.17) is 15.2 Å². The summed E-state index contributed by atoms with van der Waals surface area (Å²) in [5, 5.41) is 0. The van der Waals surface area contributed by atoms with Crippen LogP contribution in [-0.2, 0) is 14.3 Å². The van der Waals surface area contributed by atoms with Gasteiger partial charge in [-0.05, 0) is 44.9 Å². The van der Waals surface area contributed by atoms with Gasteiger partial charge in [-0.25, -0.2) is 0 Å². The Labute approximate surface area is 132 Å². The van der Waals surface area contributed by atoms with Gasteiger partial charge in [0.15, 0.2) is 0 Å². The lowest BCUT2D eigenvalue weighted by atomic mass is 10.1. The topological polar surface area (TPSA) is 64.8 Å². The largest absolute Gasteiger partial charge is 0.376 e. The number of piperidine rings is 1. The van der Waals surface area contributed by atoms with Crippen molar-refractivity contribution in [2.75, 3.05) is 26.3 Å². The summed E-state index contributed by atoms with van der Waals surface area (Å²) in [7, 11) is 0. The lowest BCUT2D eigenvalue weighted by molar-refractivity contribution is -0.137. The van der Waals surface area contributed by atoms with Crippen LogP contribution in [-0.4, -0.2) is 54.9 Å². The average molecular weight is 319 g/mol. The maximum Gasteiger partial charge on any atom is 0.242 e. The molecular formula is C15H27ClN2O3. The van der Waals surface area contributed by atoms with Crippen LogP contribution in [0.3, 0.4) is 0 Å². The van der Waals surface area contributed by atoms with Gasteiger partial charge in [-0.1, -0.05) is 0 Å². The van der Waals surface area contributed by atoms with Crippen molar-refractivity contribution < 1.29 is 14.3 Å². The molecule has 2 heterocycles. The van der Waals surface area contributed by atoms with Gasteiger partial charge in [-0.3, -0.25) is 4.79 Å². The molecule has 2 N–H and O–H groups in total. The molecule has 6 heteroatoms. The van der Waals surface area contributed by atoms with Crippen LogP contribution in [0.5, 0.6) is 0 Å². The number of ether oxygens (including phenoxy) is 2. The Hall–Kier alpha value is -0.360. The Morgan fingerprint density at radius 1 is 1.24 bits per heavy atom. The van der Waals surface area contributed by atoms with Crippen molar-refractivity contribution in [2.24, 2.45) is 5.73 Å². The first kappa shape index (κ1) is 17.0. The SMILES string of the molecule is Cl.NC1(C(=O)N2CCC(OCC3CCCCO3)CC2)CC1. The van der Waals surface area contributed by atoms with Crippen LogP contribution >= 0.6 is 12.4 Å². The summed E-state index contributed by atoms with van der Waals surface area (Å²) in [6, 6.07) is 0. The first-order chi connectivity index (χ1) is 9.67. The number of hydrogen-bond donors (Lipinski definition) is 1. The molecular weight excluding hydrogens is 292 g/mol. The Balaban J connectivity index is 0.00000161. The van der Waals surface area contributed by atoms with Crippen LogP contribution in [0, 0.1) is 0 Å². The third-order valence-electron chi connectivity index (χ3n) is 4.74. The molecule has 1 amide bonds. The van der Waals surface area contributed by atoms with E-state index in [2.05, 4.69) is 0 Å². The van der Waals surface area contributed by atoms with E-state index in [0.717, 1.165) is 51.8 Å². The molecule has 0 aromatic carbocycles. The van der Waals surface area contributed by atoms with Gasteiger partial charge in [0.2, 0.25) is 5.91 Å². The van der Waals surface area contributed by atoms with Crippen LogP contribution in [0.2, 0.25) is 0 Å². The molecule has 0 aromatic heterocycles. The molecule has 1 saturated carbocycles. The van der Waals surface area contributed by atoms with Crippen molar-refractivity contribution >= 4 is 18.3 Å². The van der Waals surface area contributed by atoms with Crippen molar-refractivity contribution in [3.8, 4) is 0 Å². The van der Waals surface area contributed by atoms with E-state index >= 15 is 0 Å². The lowest BCUT2D eigenvalue weighted by Gasteiger charge is -2.34. The predicted molar refractivity (Wildman–Crippen MR) is 82.5 cm³/mol. The van der Waals surface area contributed by atoms with Gasteiger partial charge in [0, 0.05) is 19.7 Å². The number of amides is 1. The molecule has 0 aromatic rings. The molecule has 122 valence electrons. The Morgan fingerprint density at radius 2 is 1.95 bits per heavy atom. The zero-order valence-corrected chi connectivity index (χ0v) is 13.4. The highest BCUT2D eigenvalue weighted by molar-refractivity contribution is 5.89. The quantitative estimate of drug-likeness (QED) is 0.852. The molecule has 3 rings (SSSR count). The molecule has 0 radical (unpaired) electrons. The minimum absolute atomic E-state index is 0. The van der Waals surface area contributed by atoms with Gasteiger partial charge >= 0.3 is 0 Å². The van der Waals surface area contributed by atoms with Crippen LogP contribution in [0.15, 0.2) is 0 Å². The highest BCUT2D eigenvalue weighted by Crippen LogP contribution is 2.35. The number of carbonyl (C=O) groups is 1. The van der Waals surface area contributed by atoms with E-state index in [1.807, 2.05) is 4.90 Å². The number of hydrogen-bond acceptors (Lipinski definition) is 4. The fourth-order valence-corrected chi connectivity index (χ4v) is 3.07. The lowest BCUT2D eigenvalue weighted by Crippen LogP contribution is -2.49. The number of rotatable bonds is 4. The second kappa shape index (κ2) is 7.27. The summed E-state index contributed by atoms with van der Waals surface area (Å²) in [5.41, 5.74) is 5.45. The zero-order chi connectivity index (χ0) is 14.0. The van der Waals surface area contributed by atoms with Gasteiger partial charge in [-0.15, -0.1) is 12.4 Å². The van der Waals surface area contributed by atoms with Crippen LogP contribution in [0.4, 0.5) is 0 Å². The molecule has 1 atom stereocenters. The van der Waals surface area contributed by atoms with E-state index < -0.39 is 5.54 Å². The number of carbonyl (C=O) groups excluding carboxylic acids is 1. The van der Waals surface area contributed by atoms with Crippen molar-refractivity contribution in [3.63, 3.8) is 0 Å². The van der Waals surface area contributed by atoms with Gasteiger partial charge in [-0.2, -0.15) is 0 Å². The van der Waals surface area contributed by atoms with Crippen LogP contribution in [0.1, 0.15) is 44.9 Å².